The SMILES string of the molecule is CCNC(=NCc1cccc(NC(C)=O)c1)NCc1ccc(C)s1.I. The molecule has 5 nitrogen and oxygen atoms in total. The van der Waals surface area contributed by atoms with E-state index < -0.39 is 0 Å². The molecule has 0 radical (unpaired) electrons. The number of nitrogens with one attached hydrogen (secondary N) is 3. The van der Waals surface area contributed by atoms with Crippen LogP contribution < -0.4 is 16.0 Å². The first-order valence-electron chi connectivity index (χ1n) is 8.01. The molecule has 0 saturated carbocycles. The molecule has 136 valence electrons. The predicted octanol–water partition coefficient (Wildman–Crippen LogP) is 3.89. The van der Waals surface area contributed by atoms with E-state index in [-0.39, 0.29) is 29.9 Å². The van der Waals surface area contributed by atoms with Gasteiger partial charge in [-0.15, -0.1) is 35.3 Å². The van der Waals surface area contributed by atoms with Crippen LogP contribution in [-0.2, 0) is 17.9 Å². The van der Waals surface area contributed by atoms with Crippen LogP contribution in [0, 0.1) is 6.92 Å². The number of hydrogen-bond donors (Lipinski definition) is 3. The molecule has 7 heteroatoms. The highest BCUT2D eigenvalue weighted by Gasteiger charge is 2.02. The van der Waals surface area contributed by atoms with E-state index in [4.69, 9.17) is 0 Å². The molecule has 0 saturated heterocycles. The minimum absolute atomic E-state index is 0. The molecular formula is C18H25IN4OS. The molecule has 0 aliphatic heterocycles. The van der Waals surface area contributed by atoms with E-state index >= 15 is 0 Å². The van der Waals surface area contributed by atoms with Crippen LogP contribution in [0.2, 0.25) is 0 Å². The van der Waals surface area contributed by atoms with Gasteiger partial charge in [-0.2, -0.15) is 0 Å². The normalized spacial score (nSPS) is 10.8. The summed E-state index contributed by atoms with van der Waals surface area (Å²) in [6.07, 6.45) is 0. The van der Waals surface area contributed by atoms with Gasteiger partial charge in [0, 0.05) is 28.9 Å². The summed E-state index contributed by atoms with van der Waals surface area (Å²) in [6.45, 7) is 7.77. The van der Waals surface area contributed by atoms with E-state index in [1.165, 1.54) is 16.7 Å². The van der Waals surface area contributed by atoms with Gasteiger partial charge in [0.05, 0.1) is 13.1 Å². The Bertz CT molecular complexity index is 715. The van der Waals surface area contributed by atoms with Crippen molar-refractivity contribution in [2.24, 2.45) is 4.99 Å². The van der Waals surface area contributed by atoms with Gasteiger partial charge < -0.3 is 16.0 Å². The highest BCUT2D eigenvalue weighted by atomic mass is 127. The van der Waals surface area contributed by atoms with Gasteiger partial charge in [0.2, 0.25) is 5.91 Å². The molecule has 1 heterocycles. The molecule has 0 fully saturated rings. The van der Waals surface area contributed by atoms with Crippen molar-refractivity contribution in [3.63, 3.8) is 0 Å². The van der Waals surface area contributed by atoms with Crippen LogP contribution in [0.15, 0.2) is 41.4 Å². The predicted molar refractivity (Wildman–Crippen MR) is 117 cm³/mol. The first-order chi connectivity index (χ1) is 11.6. The van der Waals surface area contributed by atoms with Crippen LogP contribution in [0.4, 0.5) is 5.69 Å². The van der Waals surface area contributed by atoms with Gasteiger partial charge in [0.25, 0.3) is 0 Å². The van der Waals surface area contributed by atoms with Crippen LogP contribution in [0.25, 0.3) is 0 Å². The summed E-state index contributed by atoms with van der Waals surface area (Å²) in [5.41, 5.74) is 1.84. The fraction of sp³-hybridized carbons (Fsp3) is 0.333. The molecule has 1 aromatic carbocycles. The van der Waals surface area contributed by atoms with Gasteiger partial charge in [-0.05, 0) is 43.7 Å². The minimum Gasteiger partial charge on any atom is -0.357 e. The monoisotopic (exact) mass is 472 g/mol. The maximum absolute atomic E-state index is 11.1. The summed E-state index contributed by atoms with van der Waals surface area (Å²) < 4.78 is 0. The number of guanidine groups is 1. The number of carbonyl (C=O) groups excluding carboxylic acids is 1. The fourth-order valence-electron chi connectivity index (χ4n) is 2.21. The third-order valence-electron chi connectivity index (χ3n) is 3.24. The largest absolute Gasteiger partial charge is 0.357 e. The zero-order chi connectivity index (χ0) is 17.4. The van der Waals surface area contributed by atoms with Crippen LogP contribution in [0.1, 0.15) is 29.2 Å². The van der Waals surface area contributed by atoms with Gasteiger partial charge in [0.15, 0.2) is 5.96 Å². The van der Waals surface area contributed by atoms with Gasteiger partial charge in [-0.1, -0.05) is 12.1 Å². The number of rotatable bonds is 6. The molecular weight excluding hydrogens is 447 g/mol. The fourth-order valence-corrected chi connectivity index (χ4v) is 3.04. The molecule has 3 N–H and O–H groups in total. The second-order valence-electron chi connectivity index (χ2n) is 5.44. The third-order valence-corrected chi connectivity index (χ3v) is 4.24. The van der Waals surface area contributed by atoms with Gasteiger partial charge in [0.1, 0.15) is 0 Å². The maximum Gasteiger partial charge on any atom is 0.221 e. The van der Waals surface area contributed by atoms with E-state index in [9.17, 15) is 4.79 Å². The number of amides is 1. The summed E-state index contributed by atoms with van der Waals surface area (Å²) in [6, 6.07) is 12.0. The molecule has 25 heavy (non-hydrogen) atoms. The second kappa shape index (κ2) is 11.1. The lowest BCUT2D eigenvalue weighted by Crippen LogP contribution is -2.36. The van der Waals surface area contributed by atoms with Crippen LogP contribution in [0.3, 0.4) is 0 Å². The summed E-state index contributed by atoms with van der Waals surface area (Å²) in [4.78, 5) is 18.3. The van der Waals surface area contributed by atoms with Crippen molar-refractivity contribution in [3.05, 3.63) is 51.7 Å². The van der Waals surface area contributed by atoms with Crippen molar-refractivity contribution >= 4 is 52.9 Å². The molecule has 0 spiro atoms. The first-order valence-corrected chi connectivity index (χ1v) is 8.82. The number of nitrogens with zero attached hydrogens (tertiary/aromatic N) is 1. The number of aryl methyl sites for hydroxylation is 1. The molecule has 1 amide bonds. The van der Waals surface area contributed by atoms with Crippen molar-refractivity contribution in [1.82, 2.24) is 10.6 Å². The lowest BCUT2D eigenvalue weighted by molar-refractivity contribution is -0.114. The number of benzene rings is 1. The van der Waals surface area contributed by atoms with Crippen LogP contribution >= 0.6 is 35.3 Å². The maximum atomic E-state index is 11.1. The Morgan fingerprint density at radius 3 is 2.64 bits per heavy atom. The molecule has 0 atom stereocenters. The number of anilines is 1. The van der Waals surface area contributed by atoms with E-state index in [1.807, 2.05) is 31.2 Å². The van der Waals surface area contributed by atoms with Gasteiger partial charge >= 0.3 is 0 Å². The quantitative estimate of drug-likeness (QED) is 0.340. The zero-order valence-electron chi connectivity index (χ0n) is 14.8. The molecule has 0 aliphatic rings. The Kier molecular flexibility index (Phi) is 9.51. The Morgan fingerprint density at radius 1 is 1.20 bits per heavy atom. The summed E-state index contributed by atoms with van der Waals surface area (Å²) in [7, 11) is 0. The average Bonchev–Trinajstić information content (AvgIpc) is 2.95. The van der Waals surface area contributed by atoms with Crippen molar-refractivity contribution in [1.29, 1.82) is 0 Å². The summed E-state index contributed by atoms with van der Waals surface area (Å²) in [5.74, 6) is 0.713. The molecule has 2 aromatic rings. The number of halogens is 1. The Morgan fingerprint density at radius 2 is 2.00 bits per heavy atom. The van der Waals surface area contributed by atoms with Gasteiger partial charge in [-0.25, -0.2) is 4.99 Å². The van der Waals surface area contributed by atoms with E-state index in [0.717, 1.165) is 30.3 Å². The van der Waals surface area contributed by atoms with Gasteiger partial charge in [-0.3, -0.25) is 4.79 Å². The molecule has 2 rings (SSSR count). The lowest BCUT2D eigenvalue weighted by Gasteiger charge is -2.11. The number of hydrogen-bond acceptors (Lipinski definition) is 3. The van der Waals surface area contributed by atoms with Crippen molar-refractivity contribution < 1.29 is 4.79 Å². The zero-order valence-corrected chi connectivity index (χ0v) is 17.9. The number of carbonyl (C=O) groups is 1. The molecule has 0 aliphatic carbocycles. The minimum atomic E-state index is -0.0723. The topological polar surface area (TPSA) is 65.5 Å². The van der Waals surface area contributed by atoms with Crippen molar-refractivity contribution in [3.8, 4) is 0 Å². The van der Waals surface area contributed by atoms with Crippen LogP contribution in [0.5, 0.6) is 0 Å². The number of thiophene rings is 1. The Labute approximate surface area is 170 Å². The standard InChI is InChI=1S/C18H24N4OS.HI/c1-4-19-18(21-12-17-9-8-13(2)24-17)20-11-15-6-5-7-16(10-15)22-14(3)23;/h5-10H,4,11-12H2,1-3H3,(H,22,23)(H2,19,20,21);1H. The van der Waals surface area contributed by atoms with E-state index in [2.05, 4.69) is 40.0 Å². The Balaban J connectivity index is 0.00000312. The molecule has 0 bridgehead atoms. The highest BCUT2D eigenvalue weighted by molar-refractivity contribution is 14.0. The number of aliphatic imine (C=N–C) groups is 1. The third kappa shape index (κ3) is 7.87. The van der Waals surface area contributed by atoms with E-state index in [0.29, 0.717) is 6.54 Å². The average molecular weight is 472 g/mol. The highest BCUT2D eigenvalue weighted by Crippen LogP contribution is 2.14. The van der Waals surface area contributed by atoms with Crippen molar-refractivity contribution in [2.45, 2.75) is 33.9 Å². The molecule has 0 unspecified atom stereocenters. The second-order valence-corrected chi connectivity index (χ2v) is 6.82. The molecule has 1 aromatic heterocycles. The van der Waals surface area contributed by atoms with E-state index in [1.54, 1.807) is 11.3 Å². The van der Waals surface area contributed by atoms with Crippen LogP contribution in [-0.4, -0.2) is 18.4 Å². The first kappa shape index (κ1) is 21.4. The lowest BCUT2D eigenvalue weighted by atomic mass is 10.2. The summed E-state index contributed by atoms with van der Waals surface area (Å²) >= 11 is 1.78. The van der Waals surface area contributed by atoms with Crippen molar-refractivity contribution in [2.75, 3.05) is 11.9 Å². The Hall–Kier alpha value is -1.61. The summed E-state index contributed by atoms with van der Waals surface area (Å²) in [5, 5.41) is 9.39. The smallest absolute Gasteiger partial charge is 0.221 e.